The molecule has 4 aromatic rings. The Balaban J connectivity index is 1.52. The van der Waals surface area contributed by atoms with Crippen molar-refractivity contribution in [1.29, 1.82) is 0 Å². The maximum absolute atomic E-state index is 13.5. The summed E-state index contributed by atoms with van der Waals surface area (Å²) in [4.78, 5) is 19.6. The summed E-state index contributed by atoms with van der Waals surface area (Å²) in [5.74, 6) is -0.129. The maximum atomic E-state index is 13.5. The first-order valence-electron chi connectivity index (χ1n) is 10.5. The largest absolute Gasteiger partial charge is 0.433 e. The van der Waals surface area contributed by atoms with E-state index in [-0.39, 0.29) is 17.6 Å². The van der Waals surface area contributed by atoms with Gasteiger partial charge in [-0.1, -0.05) is 0 Å². The SMILES string of the molecule is C[C@H]1c2nn(C)c(-c3cc(C(F)(F)F)n(C)n3)c2CCN1C(=O)c1ccnc2c1ccn2C. The Morgan fingerprint density at radius 3 is 2.58 bits per heavy atom. The molecule has 4 aromatic heterocycles. The normalized spacial score (nSPS) is 16.5. The molecule has 1 aliphatic heterocycles. The van der Waals surface area contributed by atoms with Crippen LogP contribution in [-0.2, 0) is 33.7 Å². The molecule has 0 saturated heterocycles. The van der Waals surface area contributed by atoms with Crippen molar-refractivity contribution in [3.8, 4) is 11.4 Å². The highest BCUT2D eigenvalue weighted by Crippen LogP contribution is 2.38. The van der Waals surface area contributed by atoms with E-state index < -0.39 is 11.9 Å². The highest BCUT2D eigenvalue weighted by Gasteiger charge is 2.38. The number of hydrogen-bond acceptors (Lipinski definition) is 4. The number of halogens is 3. The van der Waals surface area contributed by atoms with Gasteiger partial charge in [-0.2, -0.15) is 23.4 Å². The summed E-state index contributed by atoms with van der Waals surface area (Å²) in [5.41, 5.74) is 2.72. The van der Waals surface area contributed by atoms with E-state index in [1.165, 1.54) is 7.05 Å². The Kier molecular flexibility index (Phi) is 4.62. The number of pyridine rings is 1. The van der Waals surface area contributed by atoms with Crippen LogP contribution in [0.5, 0.6) is 0 Å². The van der Waals surface area contributed by atoms with Gasteiger partial charge in [0, 0.05) is 51.0 Å². The number of carbonyl (C=O) groups is 1. The maximum Gasteiger partial charge on any atom is 0.433 e. The van der Waals surface area contributed by atoms with E-state index in [4.69, 9.17) is 0 Å². The predicted molar refractivity (Wildman–Crippen MR) is 114 cm³/mol. The zero-order chi connectivity index (χ0) is 23.7. The molecule has 0 spiro atoms. The molecular weight excluding hydrogens is 435 g/mol. The second-order valence-electron chi connectivity index (χ2n) is 8.32. The molecule has 0 N–H and O–H groups in total. The van der Waals surface area contributed by atoms with Crippen molar-refractivity contribution in [2.75, 3.05) is 6.54 Å². The van der Waals surface area contributed by atoms with Crippen molar-refractivity contribution < 1.29 is 18.0 Å². The fourth-order valence-electron chi connectivity index (χ4n) is 4.70. The summed E-state index contributed by atoms with van der Waals surface area (Å²) in [6.07, 6.45) is -0.551. The van der Waals surface area contributed by atoms with Crippen molar-refractivity contribution in [1.82, 2.24) is 34.0 Å². The molecule has 0 radical (unpaired) electrons. The van der Waals surface area contributed by atoms with Crippen LogP contribution in [0.4, 0.5) is 13.2 Å². The number of hydrogen-bond donors (Lipinski definition) is 0. The summed E-state index contributed by atoms with van der Waals surface area (Å²) in [6.45, 7) is 2.30. The number of nitrogens with zero attached hydrogens (tertiary/aromatic N) is 7. The van der Waals surface area contributed by atoms with E-state index >= 15 is 0 Å². The smallest absolute Gasteiger partial charge is 0.336 e. The van der Waals surface area contributed by atoms with Crippen LogP contribution in [0.3, 0.4) is 0 Å². The Morgan fingerprint density at radius 2 is 1.88 bits per heavy atom. The Labute approximate surface area is 187 Å². The van der Waals surface area contributed by atoms with Gasteiger partial charge < -0.3 is 9.47 Å². The molecule has 0 aliphatic carbocycles. The van der Waals surface area contributed by atoms with Gasteiger partial charge in [-0.25, -0.2) is 4.98 Å². The zero-order valence-electron chi connectivity index (χ0n) is 18.6. The lowest BCUT2D eigenvalue weighted by atomic mass is 9.96. The van der Waals surface area contributed by atoms with Crippen LogP contribution in [0.15, 0.2) is 30.6 Å². The third-order valence-corrected chi connectivity index (χ3v) is 6.31. The van der Waals surface area contributed by atoms with Crippen molar-refractivity contribution in [3.63, 3.8) is 0 Å². The molecule has 8 nitrogen and oxygen atoms in total. The minimum Gasteiger partial charge on any atom is -0.336 e. The third kappa shape index (κ3) is 3.21. The Morgan fingerprint density at radius 1 is 1.12 bits per heavy atom. The first-order chi connectivity index (χ1) is 15.6. The molecule has 0 fully saturated rings. The van der Waals surface area contributed by atoms with E-state index in [9.17, 15) is 18.0 Å². The first-order valence-corrected chi connectivity index (χ1v) is 10.5. The second-order valence-corrected chi connectivity index (χ2v) is 8.32. The minimum absolute atomic E-state index is 0.129. The van der Waals surface area contributed by atoms with Crippen molar-refractivity contribution in [2.24, 2.45) is 21.1 Å². The molecule has 172 valence electrons. The van der Waals surface area contributed by atoms with Gasteiger partial charge in [0.05, 0.1) is 23.0 Å². The van der Waals surface area contributed by atoms with E-state index in [1.54, 1.807) is 28.9 Å². The first kappa shape index (κ1) is 21.2. The molecule has 0 saturated carbocycles. The van der Waals surface area contributed by atoms with Crippen molar-refractivity contribution >= 4 is 16.9 Å². The van der Waals surface area contributed by atoms with Gasteiger partial charge >= 0.3 is 6.18 Å². The molecule has 1 atom stereocenters. The summed E-state index contributed by atoms with van der Waals surface area (Å²) >= 11 is 0. The summed E-state index contributed by atoms with van der Waals surface area (Å²) in [5, 5.41) is 9.45. The second kappa shape index (κ2) is 7.19. The van der Waals surface area contributed by atoms with Gasteiger partial charge in [0.15, 0.2) is 0 Å². The topological polar surface area (TPSA) is 73.8 Å². The molecule has 5 rings (SSSR count). The van der Waals surface area contributed by atoms with Gasteiger partial charge in [-0.05, 0) is 31.5 Å². The van der Waals surface area contributed by atoms with Crippen molar-refractivity contribution in [3.05, 3.63) is 53.1 Å². The number of aromatic nitrogens is 6. The number of aryl methyl sites for hydroxylation is 3. The van der Waals surface area contributed by atoms with Crippen molar-refractivity contribution in [2.45, 2.75) is 25.6 Å². The molecule has 5 heterocycles. The predicted octanol–water partition coefficient (Wildman–Crippen LogP) is 3.49. The third-order valence-electron chi connectivity index (χ3n) is 6.31. The highest BCUT2D eigenvalue weighted by molar-refractivity contribution is 6.05. The van der Waals surface area contributed by atoms with Crippen LogP contribution in [0.1, 0.15) is 40.3 Å². The van der Waals surface area contributed by atoms with Gasteiger partial charge in [-0.3, -0.25) is 14.2 Å². The number of rotatable bonds is 2. The lowest BCUT2D eigenvalue weighted by Gasteiger charge is -2.33. The molecule has 1 amide bonds. The van der Waals surface area contributed by atoms with Gasteiger partial charge in [-0.15, -0.1) is 0 Å². The van der Waals surface area contributed by atoms with Crippen LogP contribution in [0.2, 0.25) is 0 Å². The fourth-order valence-corrected chi connectivity index (χ4v) is 4.70. The van der Waals surface area contributed by atoms with Crippen LogP contribution < -0.4 is 0 Å². The van der Waals surface area contributed by atoms with Crippen LogP contribution in [0.25, 0.3) is 22.4 Å². The Hall–Kier alpha value is -3.63. The molecule has 0 unspecified atom stereocenters. The number of amides is 1. The van der Waals surface area contributed by atoms with E-state index in [0.717, 1.165) is 27.3 Å². The van der Waals surface area contributed by atoms with E-state index in [1.807, 2.05) is 30.8 Å². The molecule has 0 bridgehead atoms. The quantitative estimate of drug-likeness (QED) is 0.462. The molecule has 11 heteroatoms. The zero-order valence-corrected chi connectivity index (χ0v) is 18.6. The Bertz CT molecular complexity index is 1400. The van der Waals surface area contributed by atoms with Crippen LogP contribution in [-0.4, -0.2) is 46.5 Å². The fraction of sp³-hybridized carbons (Fsp3) is 0.364. The summed E-state index contributed by atoms with van der Waals surface area (Å²) < 4.78 is 44.1. The molecule has 33 heavy (non-hydrogen) atoms. The minimum atomic E-state index is -4.50. The number of alkyl halides is 3. The summed E-state index contributed by atoms with van der Waals surface area (Å²) in [6, 6.07) is 4.28. The highest BCUT2D eigenvalue weighted by atomic mass is 19.4. The average Bonchev–Trinajstić information content (AvgIpc) is 3.42. The molecule has 0 aromatic carbocycles. The lowest BCUT2D eigenvalue weighted by Crippen LogP contribution is -2.39. The van der Waals surface area contributed by atoms with E-state index in [0.29, 0.717) is 29.9 Å². The van der Waals surface area contributed by atoms with Crippen LogP contribution >= 0.6 is 0 Å². The van der Waals surface area contributed by atoms with Gasteiger partial charge in [0.2, 0.25) is 0 Å². The molecule has 1 aliphatic rings. The monoisotopic (exact) mass is 457 g/mol. The molecular formula is C22H22F3N7O. The lowest BCUT2D eigenvalue weighted by molar-refractivity contribution is -0.143. The number of carbonyl (C=O) groups excluding carboxylic acids is 1. The van der Waals surface area contributed by atoms with Gasteiger partial charge in [0.1, 0.15) is 17.0 Å². The van der Waals surface area contributed by atoms with E-state index in [2.05, 4.69) is 15.2 Å². The van der Waals surface area contributed by atoms with Gasteiger partial charge in [0.25, 0.3) is 5.91 Å². The van der Waals surface area contributed by atoms with Crippen LogP contribution in [0, 0.1) is 0 Å². The summed E-state index contributed by atoms with van der Waals surface area (Å²) in [7, 11) is 4.83. The number of fused-ring (bicyclic) bond motifs is 2. The standard InChI is InChI=1S/C22H22F3N7O/c1-12-18-15(19(31(4)28-18)16-11-17(22(23,24)25)30(3)27-16)7-10-32(12)21(33)14-5-8-26-20-13(14)6-9-29(20)2/h5-6,8-9,11-12H,7,10H2,1-4H3/t12-/m0/s1. The average molecular weight is 457 g/mol.